The van der Waals surface area contributed by atoms with E-state index in [-0.39, 0.29) is 11.3 Å². The smallest absolute Gasteiger partial charge is 0.337 e. The Morgan fingerprint density at radius 1 is 1.09 bits per heavy atom. The molecule has 2 aliphatic heterocycles. The van der Waals surface area contributed by atoms with Crippen molar-refractivity contribution < 1.29 is 33.7 Å². The van der Waals surface area contributed by atoms with Gasteiger partial charge in [-0.05, 0) is 35.9 Å². The number of rotatable bonds is 4. The first-order chi connectivity index (χ1) is 16.5. The van der Waals surface area contributed by atoms with Crippen LogP contribution < -0.4 is 14.4 Å². The van der Waals surface area contributed by atoms with Crippen molar-refractivity contribution in [2.75, 3.05) is 25.2 Å². The van der Waals surface area contributed by atoms with E-state index in [1.54, 1.807) is 35.7 Å². The summed E-state index contributed by atoms with van der Waals surface area (Å²) in [5.74, 6) is -1.56. The Bertz CT molecular complexity index is 1320. The maximum absolute atomic E-state index is 13.2. The van der Waals surface area contributed by atoms with Gasteiger partial charge >= 0.3 is 11.9 Å². The van der Waals surface area contributed by atoms with E-state index in [9.17, 15) is 19.5 Å². The fourth-order valence-electron chi connectivity index (χ4n) is 3.95. The maximum atomic E-state index is 13.2. The number of hydrogen-bond donors (Lipinski definition) is 1. The normalized spacial score (nSPS) is 18.7. The number of aromatic nitrogens is 1. The Hall–Kier alpha value is -4.18. The molecule has 3 heterocycles. The standard InChI is InChI=1S/C24H18N2O7S/c1-31-23(30)14-4-2-13(3-5-14)19-18(21(28)22(29)26(19)24-25-8-11-34-24)20(27)15-6-7-16-17(12-15)33-10-9-32-16/h2-8,11-12,19,27H,9-10H2,1H3/b20-18+/t19-/m0/s1. The molecule has 1 N–H and O–H groups in total. The summed E-state index contributed by atoms with van der Waals surface area (Å²) >= 11 is 1.19. The number of hydrogen-bond acceptors (Lipinski definition) is 9. The molecule has 2 aliphatic rings. The summed E-state index contributed by atoms with van der Waals surface area (Å²) in [5.41, 5.74) is 1.03. The molecule has 2 aromatic carbocycles. The van der Waals surface area contributed by atoms with Gasteiger partial charge in [-0.1, -0.05) is 12.1 Å². The average Bonchev–Trinajstić information content (AvgIpc) is 3.49. The van der Waals surface area contributed by atoms with Crippen molar-refractivity contribution in [3.05, 3.63) is 76.3 Å². The van der Waals surface area contributed by atoms with E-state index in [2.05, 4.69) is 4.98 Å². The molecule has 1 aromatic heterocycles. The Morgan fingerprint density at radius 3 is 2.47 bits per heavy atom. The van der Waals surface area contributed by atoms with E-state index in [1.165, 1.54) is 41.7 Å². The highest BCUT2D eigenvalue weighted by Gasteiger charge is 2.48. The van der Waals surface area contributed by atoms with Gasteiger partial charge in [-0.25, -0.2) is 9.78 Å². The van der Waals surface area contributed by atoms with Crippen LogP contribution in [-0.2, 0) is 14.3 Å². The highest BCUT2D eigenvalue weighted by atomic mass is 32.1. The van der Waals surface area contributed by atoms with Crippen molar-refractivity contribution >= 4 is 39.9 Å². The minimum absolute atomic E-state index is 0.0947. The van der Waals surface area contributed by atoms with Crippen molar-refractivity contribution in [1.29, 1.82) is 0 Å². The van der Waals surface area contributed by atoms with Crippen LogP contribution in [0.3, 0.4) is 0 Å². The number of ether oxygens (including phenoxy) is 3. The third-order valence-corrected chi connectivity index (χ3v) is 6.30. The molecule has 0 bridgehead atoms. The topological polar surface area (TPSA) is 115 Å². The average molecular weight is 478 g/mol. The molecule has 5 rings (SSSR count). The Labute approximate surface area is 197 Å². The molecule has 3 aromatic rings. The summed E-state index contributed by atoms with van der Waals surface area (Å²) in [5, 5.41) is 13.2. The quantitative estimate of drug-likeness (QED) is 0.263. The first kappa shape index (κ1) is 21.7. The molecule has 0 saturated carbocycles. The number of aliphatic hydroxyl groups excluding tert-OH is 1. The van der Waals surface area contributed by atoms with Crippen LogP contribution >= 0.6 is 11.3 Å². The number of Topliss-reactive ketones (excluding diaryl/α,β-unsaturated/α-hetero) is 1. The number of benzene rings is 2. The van der Waals surface area contributed by atoms with E-state index in [4.69, 9.17) is 14.2 Å². The van der Waals surface area contributed by atoms with Gasteiger partial charge in [-0.2, -0.15) is 0 Å². The molecule has 1 fully saturated rings. The SMILES string of the molecule is COC(=O)c1ccc([C@H]2/C(=C(\O)c3ccc4c(c3)OCCO4)C(=O)C(=O)N2c2nccs2)cc1. The molecule has 1 atom stereocenters. The molecular formula is C24H18N2O7S. The molecule has 10 heteroatoms. The van der Waals surface area contributed by atoms with Crippen LogP contribution in [-0.4, -0.2) is 48.1 Å². The molecule has 1 amide bonds. The number of ketones is 1. The molecule has 172 valence electrons. The molecular weight excluding hydrogens is 460 g/mol. The zero-order valence-electron chi connectivity index (χ0n) is 17.9. The summed E-state index contributed by atoms with van der Waals surface area (Å²) in [6, 6.07) is 10.1. The number of carbonyl (C=O) groups is 3. The fraction of sp³-hybridized carbons (Fsp3) is 0.167. The Morgan fingerprint density at radius 2 is 1.79 bits per heavy atom. The lowest BCUT2D eigenvalue weighted by molar-refractivity contribution is -0.132. The number of methoxy groups -OCH3 is 1. The second-order valence-electron chi connectivity index (χ2n) is 7.46. The van der Waals surface area contributed by atoms with Gasteiger partial charge in [0.2, 0.25) is 0 Å². The monoisotopic (exact) mass is 478 g/mol. The predicted molar refractivity (Wildman–Crippen MR) is 122 cm³/mol. The van der Waals surface area contributed by atoms with Crippen molar-refractivity contribution in [2.45, 2.75) is 6.04 Å². The van der Waals surface area contributed by atoms with E-state index >= 15 is 0 Å². The molecule has 9 nitrogen and oxygen atoms in total. The van der Waals surface area contributed by atoms with Crippen molar-refractivity contribution in [3.8, 4) is 11.5 Å². The predicted octanol–water partition coefficient (Wildman–Crippen LogP) is 3.33. The highest BCUT2D eigenvalue weighted by Crippen LogP contribution is 2.43. The second-order valence-corrected chi connectivity index (χ2v) is 8.33. The van der Waals surface area contributed by atoms with Crippen LogP contribution in [0.15, 0.2) is 59.6 Å². The lowest BCUT2D eigenvalue weighted by Crippen LogP contribution is -2.29. The van der Waals surface area contributed by atoms with Crippen LogP contribution in [0, 0.1) is 0 Å². The lowest BCUT2D eigenvalue weighted by Gasteiger charge is -2.23. The van der Waals surface area contributed by atoms with Crippen LogP contribution in [0.1, 0.15) is 27.5 Å². The van der Waals surface area contributed by atoms with Gasteiger partial charge in [0, 0.05) is 17.1 Å². The summed E-state index contributed by atoms with van der Waals surface area (Å²) in [7, 11) is 1.28. The number of carbonyl (C=O) groups excluding carboxylic acids is 3. The minimum atomic E-state index is -0.953. The maximum Gasteiger partial charge on any atom is 0.337 e. The number of esters is 1. The summed E-state index contributed by atoms with van der Waals surface area (Å²) in [6.45, 7) is 0.775. The molecule has 0 spiro atoms. The molecule has 0 aliphatic carbocycles. The molecule has 34 heavy (non-hydrogen) atoms. The first-order valence-electron chi connectivity index (χ1n) is 10.3. The van der Waals surface area contributed by atoms with Gasteiger partial charge < -0.3 is 19.3 Å². The number of amides is 1. The van der Waals surface area contributed by atoms with Crippen LogP contribution in [0.4, 0.5) is 5.13 Å². The van der Waals surface area contributed by atoms with Gasteiger partial charge in [-0.15, -0.1) is 11.3 Å². The lowest BCUT2D eigenvalue weighted by atomic mass is 9.94. The minimum Gasteiger partial charge on any atom is -0.507 e. The summed E-state index contributed by atoms with van der Waals surface area (Å²) < 4.78 is 15.9. The van der Waals surface area contributed by atoms with Crippen LogP contribution in [0.2, 0.25) is 0 Å². The van der Waals surface area contributed by atoms with E-state index in [0.717, 1.165) is 0 Å². The number of anilines is 1. The van der Waals surface area contributed by atoms with Crippen molar-refractivity contribution in [1.82, 2.24) is 4.98 Å². The van der Waals surface area contributed by atoms with Crippen LogP contribution in [0.5, 0.6) is 11.5 Å². The van der Waals surface area contributed by atoms with Gasteiger partial charge in [0.25, 0.3) is 5.78 Å². The number of thiazole rings is 1. The molecule has 1 saturated heterocycles. The third kappa shape index (κ3) is 3.57. The first-order valence-corrected chi connectivity index (χ1v) is 11.2. The summed E-state index contributed by atoms with van der Waals surface area (Å²) in [6.07, 6.45) is 1.53. The largest absolute Gasteiger partial charge is 0.507 e. The zero-order valence-corrected chi connectivity index (χ0v) is 18.7. The molecule has 0 unspecified atom stereocenters. The Kier molecular flexibility index (Phi) is 5.50. The fourth-order valence-corrected chi connectivity index (χ4v) is 4.61. The van der Waals surface area contributed by atoms with Gasteiger partial charge in [-0.3, -0.25) is 14.5 Å². The molecule has 0 radical (unpaired) electrons. The van der Waals surface area contributed by atoms with E-state index in [1.807, 2.05) is 0 Å². The number of nitrogens with zero attached hydrogens (tertiary/aromatic N) is 2. The third-order valence-electron chi connectivity index (χ3n) is 5.53. The highest BCUT2D eigenvalue weighted by molar-refractivity contribution is 7.14. The zero-order chi connectivity index (χ0) is 23.8. The second kappa shape index (κ2) is 8.64. The van der Waals surface area contributed by atoms with Gasteiger partial charge in [0.05, 0.1) is 24.3 Å². The van der Waals surface area contributed by atoms with Crippen molar-refractivity contribution in [2.24, 2.45) is 0 Å². The van der Waals surface area contributed by atoms with Crippen molar-refractivity contribution in [3.63, 3.8) is 0 Å². The number of aliphatic hydroxyl groups is 1. The van der Waals surface area contributed by atoms with E-state index < -0.39 is 23.7 Å². The van der Waals surface area contributed by atoms with Gasteiger partial charge in [0.1, 0.15) is 19.0 Å². The van der Waals surface area contributed by atoms with Crippen LogP contribution in [0.25, 0.3) is 5.76 Å². The van der Waals surface area contributed by atoms with E-state index in [0.29, 0.717) is 46.5 Å². The van der Waals surface area contributed by atoms with Gasteiger partial charge in [0.15, 0.2) is 16.6 Å². The summed E-state index contributed by atoms with van der Waals surface area (Å²) in [4.78, 5) is 43.5. The Balaban J connectivity index is 1.65. The number of fused-ring (bicyclic) bond motifs is 1.